The van der Waals surface area contributed by atoms with Crippen LogP contribution in [0.2, 0.25) is 0 Å². The highest BCUT2D eigenvalue weighted by molar-refractivity contribution is 6.01. The van der Waals surface area contributed by atoms with Gasteiger partial charge in [0.2, 0.25) is 5.91 Å². The molecule has 2 rings (SSSR count). The monoisotopic (exact) mass is 272 g/mol. The van der Waals surface area contributed by atoms with Crippen molar-refractivity contribution in [2.24, 2.45) is 0 Å². The molecule has 5 heteroatoms. The molecule has 1 aromatic heterocycles. The maximum absolute atomic E-state index is 11.8. The number of aryl methyl sites for hydroxylation is 1. The standard InChI is InChI=1S/C15H16N2O3/c1-10-7-8-12(11-4-3-9-16-15(10)11)17-13(18)5-2-6-14(19)20/h3-4,7-9H,2,5-6H2,1H3,(H,17,18)(H,19,20). The SMILES string of the molecule is Cc1ccc(NC(=O)CCCC(=O)O)c2cccnc12. The number of aliphatic carboxylic acids is 1. The van der Waals surface area contributed by atoms with Crippen molar-refractivity contribution < 1.29 is 14.7 Å². The largest absolute Gasteiger partial charge is 0.481 e. The molecule has 0 bridgehead atoms. The number of carbonyl (C=O) groups is 2. The summed E-state index contributed by atoms with van der Waals surface area (Å²) < 4.78 is 0. The van der Waals surface area contributed by atoms with E-state index in [1.165, 1.54) is 0 Å². The summed E-state index contributed by atoms with van der Waals surface area (Å²) in [7, 11) is 0. The van der Waals surface area contributed by atoms with E-state index in [0.717, 1.165) is 16.5 Å². The first kappa shape index (κ1) is 14.0. The number of pyridine rings is 1. The van der Waals surface area contributed by atoms with Gasteiger partial charge in [-0.1, -0.05) is 6.07 Å². The molecule has 0 aliphatic heterocycles. The fourth-order valence-corrected chi connectivity index (χ4v) is 2.04. The van der Waals surface area contributed by atoms with Crippen molar-refractivity contribution >= 4 is 28.5 Å². The smallest absolute Gasteiger partial charge is 0.303 e. The van der Waals surface area contributed by atoms with Crippen LogP contribution in [0.4, 0.5) is 5.69 Å². The number of rotatable bonds is 5. The Kier molecular flexibility index (Phi) is 4.30. The van der Waals surface area contributed by atoms with E-state index >= 15 is 0 Å². The van der Waals surface area contributed by atoms with Gasteiger partial charge in [0.05, 0.1) is 11.2 Å². The molecule has 20 heavy (non-hydrogen) atoms. The maximum Gasteiger partial charge on any atom is 0.303 e. The summed E-state index contributed by atoms with van der Waals surface area (Å²) >= 11 is 0. The van der Waals surface area contributed by atoms with Gasteiger partial charge in [0.1, 0.15) is 0 Å². The van der Waals surface area contributed by atoms with E-state index in [0.29, 0.717) is 12.1 Å². The second kappa shape index (κ2) is 6.14. The number of fused-ring (bicyclic) bond motifs is 1. The number of benzene rings is 1. The van der Waals surface area contributed by atoms with E-state index in [1.54, 1.807) is 6.20 Å². The van der Waals surface area contributed by atoms with Gasteiger partial charge in [0.15, 0.2) is 0 Å². The topological polar surface area (TPSA) is 79.3 Å². The van der Waals surface area contributed by atoms with Crippen molar-refractivity contribution in [3.05, 3.63) is 36.0 Å². The Bertz CT molecular complexity index is 653. The number of amides is 1. The van der Waals surface area contributed by atoms with Crippen LogP contribution in [0, 0.1) is 6.92 Å². The molecule has 0 atom stereocenters. The van der Waals surface area contributed by atoms with Crippen molar-refractivity contribution in [1.82, 2.24) is 4.98 Å². The molecule has 0 fully saturated rings. The number of hydrogen-bond acceptors (Lipinski definition) is 3. The number of nitrogens with zero attached hydrogens (tertiary/aromatic N) is 1. The zero-order valence-corrected chi connectivity index (χ0v) is 11.2. The molecule has 1 aromatic carbocycles. The van der Waals surface area contributed by atoms with Gasteiger partial charge < -0.3 is 10.4 Å². The van der Waals surface area contributed by atoms with E-state index in [9.17, 15) is 9.59 Å². The summed E-state index contributed by atoms with van der Waals surface area (Å²) in [6.45, 7) is 1.97. The van der Waals surface area contributed by atoms with Crippen LogP contribution < -0.4 is 5.32 Å². The van der Waals surface area contributed by atoms with Crippen LogP contribution in [0.3, 0.4) is 0 Å². The number of nitrogens with one attached hydrogen (secondary N) is 1. The summed E-state index contributed by atoms with van der Waals surface area (Å²) in [6, 6.07) is 7.47. The van der Waals surface area contributed by atoms with Crippen LogP contribution in [0.25, 0.3) is 10.9 Å². The highest BCUT2D eigenvalue weighted by Crippen LogP contribution is 2.24. The Morgan fingerprint density at radius 2 is 2.05 bits per heavy atom. The lowest BCUT2D eigenvalue weighted by Gasteiger charge is -2.09. The van der Waals surface area contributed by atoms with Gasteiger partial charge in [-0.3, -0.25) is 14.6 Å². The highest BCUT2D eigenvalue weighted by atomic mass is 16.4. The molecule has 0 aliphatic carbocycles. The molecule has 1 amide bonds. The quantitative estimate of drug-likeness (QED) is 0.877. The van der Waals surface area contributed by atoms with Crippen LogP contribution >= 0.6 is 0 Å². The number of carbonyl (C=O) groups excluding carboxylic acids is 1. The number of aromatic nitrogens is 1. The molecule has 0 saturated heterocycles. The van der Waals surface area contributed by atoms with Crippen LogP contribution in [-0.2, 0) is 9.59 Å². The van der Waals surface area contributed by atoms with Crippen molar-refractivity contribution in [2.45, 2.75) is 26.2 Å². The molecule has 5 nitrogen and oxygen atoms in total. The van der Waals surface area contributed by atoms with Crippen LogP contribution in [-0.4, -0.2) is 22.0 Å². The average Bonchev–Trinajstić information content (AvgIpc) is 2.42. The molecule has 0 unspecified atom stereocenters. The molecule has 0 radical (unpaired) electrons. The first-order chi connectivity index (χ1) is 9.58. The zero-order chi connectivity index (χ0) is 14.5. The molecule has 2 aromatic rings. The molecule has 104 valence electrons. The third-order valence-corrected chi connectivity index (χ3v) is 3.04. The van der Waals surface area contributed by atoms with Crippen molar-refractivity contribution in [2.75, 3.05) is 5.32 Å². The predicted molar refractivity (Wildman–Crippen MR) is 76.6 cm³/mol. The Morgan fingerprint density at radius 3 is 2.80 bits per heavy atom. The second-order valence-corrected chi connectivity index (χ2v) is 4.63. The summed E-state index contributed by atoms with van der Waals surface area (Å²) in [5.41, 5.74) is 2.61. The van der Waals surface area contributed by atoms with Crippen molar-refractivity contribution in [3.63, 3.8) is 0 Å². The summed E-state index contributed by atoms with van der Waals surface area (Å²) in [5.74, 6) is -1.07. The van der Waals surface area contributed by atoms with Crippen LogP contribution in [0.15, 0.2) is 30.5 Å². The van der Waals surface area contributed by atoms with Gasteiger partial charge in [-0.2, -0.15) is 0 Å². The summed E-state index contributed by atoms with van der Waals surface area (Å²) in [6.07, 6.45) is 2.25. The fraction of sp³-hybridized carbons (Fsp3) is 0.267. The van der Waals surface area contributed by atoms with Gasteiger partial charge in [-0.05, 0) is 37.1 Å². The molecule has 0 saturated carbocycles. The van der Waals surface area contributed by atoms with Crippen molar-refractivity contribution in [1.29, 1.82) is 0 Å². The second-order valence-electron chi connectivity index (χ2n) is 4.63. The maximum atomic E-state index is 11.8. The minimum atomic E-state index is -0.886. The Labute approximate surface area is 116 Å². The molecule has 0 spiro atoms. The Hall–Kier alpha value is -2.43. The van der Waals surface area contributed by atoms with Gasteiger partial charge in [-0.25, -0.2) is 0 Å². The third kappa shape index (κ3) is 3.32. The predicted octanol–water partition coefficient (Wildman–Crippen LogP) is 2.74. The lowest BCUT2D eigenvalue weighted by atomic mass is 10.1. The average molecular weight is 272 g/mol. The number of anilines is 1. The number of carboxylic acid groups (broad SMARTS) is 1. The normalized spacial score (nSPS) is 10.4. The zero-order valence-electron chi connectivity index (χ0n) is 11.2. The van der Waals surface area contributed by atoms with Gasteiger partial charge in [-0.15, -0.1) is 0 Å². The lowest BCUT2D eigenvalue weighted by molar-refractivity contribution is -0.137. The third-order valence-electron chi connectivity index (χ3n) is 3.04. The van der Waals surface area contributed by atoms with Crippen LogP contribution in [0.1, 0.15) is 24.8 Å². The minimum Gasteiger partial charge on any atom is -0.481 e. The Morgan fingerprint density at radius 1 is 1.25 bits per heavy atom. The van der Waals surface area contributed by atoms with E-state index in [1.807, 2.05) is 31.2 Å². The Balaban J connectivity index is 2.12. The van der Waals surface area contributed by atoms with E-state index in [2.05, 4.69) is 10.3 Å². The molecule has 2 N–H and O–H groups in total. The lowest BCUT2D eigenvalue weighted by Crippen LogP contribution is -2.12. The van der Waals surface area contributed by atoms with Gasteiger partial charge >= 0.3 is 5.97 Å². The van der Waals surface area contributed by atoms with Gasteiger partial charge in [0.25, 0.3) is 0 Å². The first-order valence-electron chi connectivity index (χ1n) is 6.44. The molecule has 1 heterocycles. The highest BCUT2D eigenvalue weighted by Gasteiger charge is 2.08. The number of carboxylic acids is 1. The van der Waals surface area contributed by atoms with Crippen molar-refractivity contribution in [3.8, 4) is 0 Å². The fourth-order valence-electron chi connectivity index (χ4n) is 2.04. The minimum absolute atomic E-state index is 0.00359. The van der Waals surface area contributed by atoms with E-state index in [4.69, 9.17) is 5.11 Å². The van der Waals surface area contributed by atoms with E-state index in [-0.39, 0.29) is 18.7 Å². The molecular formula is C15H16N2O3. The first-order valence-corrected chi connectivity index (χ1v) is 6.44. The van der Waals surface area contributed by atoms with Gasteiger partial charge in [0, 0.05) is 24.4 Å². The summed E-state index contributed by atoms with van der Waals surface area (Å²) in [4.78, 5) is 26.5. The molecular weight excluding hydrogens is 256 g/mol. The van der Waals surface area contributed by atoms with E-state index < -0.39 is 5.97 Å². The van der Waals surface area contributed by atoms with Crippen LogP contribution in [0.5, 0.6) is 0 Å². The summed E-state index contributed by atoms with van der Waals surface area (Å²) in [5, 5.41) is 12.3. The molecule has 0 aliphatic rings. The number of hydrogen-bond donors (Lipinski definition) is 2.